The van der Waals surface area contributed by atoms with Crippen LogP contribution in [0.2, 0.25) is 0 Å². The minimum absolute atomic E-state index is 0.670. The summed E-state index contributed by atoms with van der Waals surface area (Å²) >= 11 is 0. The molecule has 5 N–H and O–H groups in total. The van der Waals surface area contributed by atoms with Gasteiger partial charge in [0.1, 0.15) is 0 Å². The van der Waals surface area contributed by atoms with E-state index in [4.69, 9.17) is 11.5 Å². The van der Waals surface area contributed by atoms with Crippen LogP contribution in [0.15, 0.2) is 11.8 Å². The van der Waals surface area contributed by atoms with E-state index in [0.29, 0.717) is 6.54 Å². The van der Waals surface area contributed by atoms with Gasteiger partial charge in [-0.3, -0.25) is 0 Å². The van der Waals surface area contributed by atoms with Crippen LogP contribution in [0.3, 0.4) is 0 Å². The Balaban J connectivity index is 3.29. The second-order valence-corrected chi connectivity index (χ2v) is 3.24. The zero-order valence-corrected chi connectivity index (χ0v) is 8.68. The monoisotopic (exact) mass is 185 g/mol. The summed E-state index contributed by atoms with van der Waals surface area (Å²) in [6.45, 7) is 4.48. The van der Waals surface area contributed by atoms with Crippen molar-refractivity contribution in [1.29, 1.82) is 0 Å². The fourth-order valence-corrected chi connectivity index (χ4v) is 1.09. The topological polar surface area (TPSA) is 64.1 Å². The molecule has 0 aliphatic rings. The Bertz CT molecular complexity index is 132. The zero-order valence-electron chi connectivity index (χ0n) is 8.68. The van der Waals surface area contributed by atoms with Crippen LogP contribution in [0.5, 0.6) is 0 Å². The molecule has 0 atom stereocenters. The number of rotatable bonds is 8. The number of nitrogens with two attached hydrogens (primary N) is 2. The van der Waals surface area contributed by atoms with Crippen molar-refractivity contribution in [1.82, 2.24) is 5.32 Å². The van der Waals surface area contributed by atoms with Crippen molar-refractivity contribution >= 4 is 0 Å². The molecule has 0 saturated carbocycles. The molecule has 0 heterocycles. The quantitative estimate of drug-likeness (QED) is 0.493. The van der Waals surface area contributed by atoms with Crippen LogP contribution in [0.4, 0.5) is 0 Å². The van der Waals surface area contributed by atoms with Gasteiger partial charge in [-0.25, -0.2) is 0 Å². The maximum atomic E-state index is 5.75. The first-order chi connectivity index (χ1) is 6.31. The van der Waals surface area contributed by atoms with E-state index in [-0.39, 0.29) is 0 Å². The molecule has 0 saturated heterocycles. The fraction of sp³-hybridized carbons (Fsp3) is 0.800. The Hall–Kier alpha value is -0.540. The van der Waals surface area contributed by atoms with Crippen molar-refractivity contribution in [2.75, 3.05) is 19.6 Å². The lowest BCUT2D eigenvalue weighted by molar-refractivity contribution is 0.710. The predicted molar refractivity (Wildman–Crippen MR) is 58.3 cm³/mol. The maximum Gasteiger partial charge on any atom is 0.0349 e. The van der Waals surface area contributed by atoms with Crippen molar-refractivity contribution in [2.24, 2.45) is 11.5 Å². The molecule has 0 aromatic carbocycles. The fourth-order valence-electron chi connectivity index (χ4n) is 1.09. The smallest absolute Gasteiger partial charge is 0.0349 e. The van der Waals surface area contributed by atoms with Crippen LogP contribution in [0.25, 0.3) is 0 Å². The van der Waals surface area contributed by atoms with Crippen LogP contribution in [0.1, 0.15) is 32.6 Å². The Morgan fingerprint density at radius 1 is 1.38 bits per heavy atom. The van der Waals surface area contributed by atoms with Crippen LogP contribution in [-0.2, 0) is 0 Å². The second kappa shape index (κ2) is 9.55. The number of nitrogens with one attached hydrogen (secondary N) is 1. The molecule has 0 unspecified atom stereocenters. The molecule has 78 valence electrons. The van der Waals surface area contributed by atoms with Crippen molar-refractivity contribution < 1.29 is 0 Å². The third-order valence-corrected chi connectivity index (χ3v) is 1.86. The SMILES string of the molecule is CCCCCC=C(N)CNCCN. The lowest BCUT2D eigenvalue weighted by Crippen LogP contribution is -2.26. The van der Waals surface area contributed by atoms with Gasteiger partial charge >= 0.3 is 0 Å². The molecule has 0 aliphatic carbocycles. The van der Waals surface area contributed by atoms with E-state index in [1.165, 1.54) is 19.3 Å². The number of allylic oxidation sites excluding steroid dienone is 1. The van der Waals surface area contributed by atoms with Gasteiger partial charge in [0.05, 0.1) is 0 Å². The van der Waals surface area contributed by atoms with Gasteiger partial charge in [0.15, 0.2) is 0 Å². The van der Waals surface area contributed by atoms with Gasteiger partial charge in [0.25, 0.3) is 0 Å². The predicted octanol–water partition coefficient (Wildman–Crippen LogP) is 0.958. The van der Waals surface area contributed by atoms with Crippen molar-refractivity contribution in [3.8, 4) is 0 Å². The minimum Gasteiger partial charge on any atom is -0.401 e. The van der Waals surface area contributed by atoms with Gasteiger partial charge in [0.2, 0.25) is 0 Å². The first-order valence-electron chi connectivity index (χ1n) is 5.16. The van der Waals surface area contributed by atoms with Crippen LogP contribution >= 0.6 is 0 Å². The molecular weight excluding hydrogens is 162 g/mol. The second-order valence-electron chi connectivity index (χ2n) is 3.24. The average Bonchev–Trinajstić information content (AvgIpc) is 2.13. The van der Waals surface area contributed by atoms with E-state index in [2.05, 4.69) is 18.3 Å². The highest BCUT2D eigenvalue weighted by Gasteiger charge is 1.89. The molecular formula is C10H23N3. The van der Waals surface area contributed by atoms with E-state index < -0.39 is 0 Å². The standard InChI is InChI=1S/C10H23N3/c1-2-3-4-5-6-10(12)9-13-8-7-11/h6,13H,2-5,7-9,11-12H2,1H3. The van der Waals surface area contributed by atoms with Crippen LogP contribution in [-0.4, -0.2) is 19.6 Å². The summed E-state index contributed by atoms with van der Waals surface area (Å²) in [6.07, 6.45) is 7.01. The zero-order chi connectivity index (χ0) is 9.94. The highest BCUT2D eigenvalue weighted by molar-refractivity contribution is 4.98. The normalized spacial score (nSPS) is 12.0. The molecule has 3 nitrogen and oxygen atoms in total. The first-order valence-corrected chi connectivity index (χ1v) is 5.16. The summed E-state index contributed by atoms with van der Waals surface area (Å²) in [5.41, 5.74) is 12.0. The maximum absolute atomic E-state index is 5.75. The highest BCUT2D eigenvalue weighted by atomic mass is 14.9. The molecule has 13 heavy (non-hydrogen) atoms. The summed E-state index contributed by atoms with van der Waals surface area (Å²) < 4.78 is 0. The van der Waals surface area contributed by atoms with Gasteiger partial charge in [-0.1, -0.05) is 25.8 Å². The lowest BCUT2D eigenvalue weighted by atomic mass is 10.2. The lowest BCUT2D eigenvalue weighted by Gasteiger charge is -2.02. The van der Waals surface area contributed by atoms with Crippen molar-refractivity contribution in [2.45, 2.75) is 32.6 Å². The summed E-state index contributed by atoms with van der Waals surface area (Å²) in [5.74, 6) is 0. The van der Waals surface area contributed by atoms with E-state index in [9.17, 15) is 0 Å². The van der Waals surface area contributed by atoms with Gasteiger partial charge in [-0.15, -0.1) is 0 Å². The van der Waals surface area contributed by atoms with Gasteiger partial charge in [0, 0.05) is 25.3 Å². The van der Waals surface area contributed by atoms with Gasteiger partial charge < -0.3 is 16.8 Å². The average molecular weight is 185 g/mol. The Morgan fingerprint density at radius 2 is 2.15 bits per heavy atom. The van der Waals surface area contributed by atoms with Gasteiger partial charge in [-0.05, 0) is 12.8 Å². The summed E-state index contributed by atoms with van der Waals surface area (Å²) in [6, 6.07) is 0. The highest BCUT2D eigenvalue weighted by Crippen LogP contribution is 2.00. The van der Waals surface area contributed by atoms with E-state index in [1.807, 2.05) is 0 Å². The summed E-state index contributed by atoms with van der Waals surface area (Å²) in [7, 11) is 0. The molecule has 0 rings (SSSR count). The minimum atomic E-state index is 0.670. The number of unbranched alkanes of at least 4 members (excludes halogenated alkanes) is 3. The van der Waals surface area contributed by atoms with E-state index >= 15 is 0 Å². The Morgan fingerprint density at radius 3 is 2.77 bits per heavy atom. The molecule has 0 spiro atoms. The molecule has 0 bridgehead atoms. The largest absolute Gasteiger partial charge is 0.401 e. The van der Waals surface area contributed by atoms with E-state index in [1.54, 1.807) is 0 Å². The molecule has 0 aromatic heterocycles. The third-order valence-electron chi connectivity index (χ3n) is 1.86. The van der Waals surface area contributed by atoms with E-state index in [0.717, 1.165) is 25.2 Å². The van der Waals surface area contributed by atoms with Crippen LogP contribution < -0.4 is 16.8 Å². The summed E-state index contributed by atoms with van der Waals surface area (Å²) in [5, 5.41) is 3.16. The number of hydrogen-bond donors (Lipinski definition) is 3. The van der Waals surface area contributed by atoms with Crippen LogP contribution in [0, 0.1) is 0 Å². The summed E-state index contributed by atoms with van der Waals surface area (Å²) in [4.78, 5) is 0. The third kappa shape index (κ3) is 9.37. The molecule has 3 heteroatoms. The molecule has 0 radical (unpaired) electrons. The van der Waals surface area contributed by atoms with Gasteiger partial charge in [-0.2, -0.15) is 0 Å². The molecule has 0 aromatic rings. The first kappa shape index (κ1) is 12.5. The Labute approximate surface area is 81.6 Å². The van der Waals surface area contributed by atoms with Crippen molar-refractivity contribution in [3.63, 3.8) is 0 Å². The molecule has 0 aliphatic heterocycles. The Kier molecular flexibility index (Phi) is 9.15. The van der Waals surface area contributed by atoms with Crippen molar-refractivity contribution in [3.05, 3.63) is 11.8 Å². The number of hydrogen-bond acceptors (Lipinski definition) is 3. The molecule has 0 amide bonds. The molecule has 0 fully saturated rings.